The van der Waals surface area contributed by atoms with Crippen LogP contribution in [0.4, 0.5) is 0 Å². The zero-order valence-electron chi connectivity index (χ0n) is 12.7. The van der Waals surface area contributed by atoms with E-state index >= 15 is 0 Å². The van der Waals surface area contributed by atoms with Crippen molar-refractivity contribution in [2.24, 2.45) is 11.8 Å². The Morgan fingerprint density at radius 3 is 3.00 bits per heavy atom. The van der Waals surface area contributed by atoms with E-state index < -0.39 is 0 Å². The van der Waals surface area contributed by atoms with Gasteiger partial charge in [-0.15, -0.1) is 0 Å². The maximum absolute atomic E-state index is 6.28. The number of nitrogens with one attached hydrogen (secondary N) is 1. The SMILES string of the molecule is CCCNC(Cc1ccncc1Cl)C1CCCC(C)C1. The molecule has 1 saturated carbocycles. The van der Waals surface area contributed by atoms with Crippen LogP contribution in [-0.2, 0) is 6.42 Å². The summed E-state index contributed by atoms with van der Waals surface area (Å²) in [5.41, 5.74) is 1.23. The smallest absolute Gasteiger partial charge is 0.0621 e. The second-order valence-corrected chi connectivity index (χ2v) is 6.67. The summed E-state index contributed by atoms with van der Waals surface area (Å²) in [6.45, 7) is 5.72. The van der Waals surface area contributed by atoms with Crippen LogP contribution in [0.15, 0.2) is 18.5 Å². The lowest BCUT2D eigenvalue weighted by molar-refractivity contribution is 0.221. The maximum Gasteiger partial charge on any atom is 0.0621 e. The van der Waals surface area contributed by atoms with Crippen LogP contribution in [0.1, 0.15) is 51.5 Å². The van der Waals surface area contributed by atoms with E-state index in [9.17, 15) is 0 Å². The number of hydrogen-bond donors (Lipinski definition) is 1. The predicted molar refractivity (Wildman–Crippen MR) is 86.2 cm³/mol. The van der Waals surface area contributed by atoms with Crippen LogP contribution in [0.2, 0.25) is 5.02 Å². The fraction of sp³-hybridized carbons (Fsp3) is 0.706. The van der Waals surface area contributed by atoms with Gasteiger partial charge in [0.15, 0.2) is 0 Å². The molecule has 1 fully saturated rings. The first kappa shape index (κ1) is 15.8. The fourth-order valence-corrected chi connectivity index (χ4v) is 3.58. The van der Waals surface area contributed by atoms with E-state index in [0.29, 0.717) is 6.04 Å². The van der Waals surface area contributed by atoms with E-state index in [-0.39, 0.29) is 0 Å². The second kappa shape index (κ2) is 7.99. The summed E-state index contributed by atoms with van der Waals surface area (Å²) in [6, 6.07) is 2.62. The van der Waals surface area contributed by atoms with Crippen LogP contribution in [0, 0.1) is 11.8 Å². The first-order valence-electron chi connectivity index (χ1n) is 8.02. The minimum absolute atomic E-state index is 0.553. The van der Waals surface area contributed by atoms with Gasteiger partial charge in [-0.2, -0.15) is 0 Å². The summed E-state index contributed by atoms with van der Waals surface area (Å²) < 4.78 is 0. The van der Waals surface area contributed by atoms with Gasteiger partial charge in [0.2, 0.25) is 0 Å². The van der Waals surface area contributed by atoms with Crippen molar-refractivity contribution in [1.82, 2.24) is 10.3 Å². The molecule has 112 valence electrons. The van der Waals surface area contributed by atoms with E-state index in [1.807, 2.05) is 6.20 Å². The number of rotatable bonds is 6. The molecule has 3 heteroatoms. The first-order chi connectivity index (χ1) is 9.70. The molecule has 0 saturated heterocycles. The Morgan fingerprint density at radius 2 is 2.30 bits per heavy atom. The molecule has 0 aliphatic heterocycles. The zero-order chi connectivity index (χ0) is 14.4. The zero-order valence-corrected chi connectivity index (χ0v) is 13.5. The van der Waals surface area contributed by atoms with Crippen molar-refractivity contribution in [3.63, 3.8) is 0 Å². The molecule has 2 nitrogen and oxygen atoms in total. The fourth-order valence-electron chi connectivity index (χ4n) is 3.39. The Kier molecular flexibility index (Phi) is 6.31. The van der Waals surface area contributed by atoms with E-state index in [1.54, 1.807) is 6.20 Å². The standard InChI is InChI=1S/C17H27ClN2/c1-3-8-20-17(15-6-4-5-13(2)10-15)11-14-7-9-19-12-16(14)18/h7,9,12-13,15,17,20H,3-6,8,10-11H2,1-2H3. The highest BCUT2D eigenvalue weighted by molar-refractivity contribution is 6.31. The minimum Gasteiger partial charge on any atom is -0.313 e. The molecule has 1 aromatic heterocycles. The normalized spacial score (nSPS) is 24.6. The molecule has 1 aliphatic carbocycles. The van der Waals surface area contributed by atoms with Crippen LogP contribution < -0.4 is 5.32 Å². The Morgan fingerprint density at radius 1 is 1.45 bits per heavy atom. The third-order valence-electron chi connectivity index (χ3n) is 4.50. The van der Waals surface area contributed by atoms with Crippen LogP contribution in [0.3, 0.4) is 0 Å². The van der Waals surface area contributed by atoms with E-state index in [4.69, 9.17) is 11.6 Å². The monoisotopic (exact) mass is 294 g/mol. The Hall–Kier alpha value is -0.600. The molecular formula is C17H27ClN2. The molecule has 1 N–H and O–H groups in total. The number of halogens is 1. The Bertz CT molecular complexity index is 408. The number of aromatic nitrogens is 1. The summed E-state index contributed by atoms with van der Waals surface area (Å²) in [6.07, 6.45) is 11.3. The summed E-state index contributed by atoms with van der Waals surface area (Å²) in [7, 11) is 0. The molecular weight excluding hydrogens is 268 g/mol. The lowest BCUT2D eigenvalue weighted by Gasteiger charge is -2.34. The van der Waals surface area contributed by atoms with Crippen molar-refractivity contribution in [3.05, 3.63) is 29.0 Å². The Balaban J connectivity index is 2.04. The molecule has 0 bridgehead atoms. The van der Waals surface area contributed by atoms with Gasteiger partial charge in [0.05, 0.1) is 5.02 Å². The van der Waals surface area contributed by atoms with Gasteiger partial charge in [0.1, 0.15) is 0 Å². The lowest BCUT2D eigenvalue weighted by atomic mass is 9.77. The predicted octanol–water partition coefficient (Wildman–Crippen LogP) is 4.47. The van der Waals surface area contributed by atoms with Gasteiger partial charge < -0.3 is 5.32 Å². The number of nitrogens with zero attached hydrogens (tertiary/aromatic N) is 1. The van der Waals surface area contributed by atoms with Crippen molar-refractivity contribution in [1.29, 1.82) is 0 Å². The number of pyridine rings is 1. The molecule has 0 spiro atoms. The molecule has 2 rings (SSSR count). The largest absolute Gasteiger partial charge is 0.313 e. The van der Waals surface area contributed by atoms with Crippen molar-refractivity contribution >= 4 is 11.6 Å². The average Bonchev–Trinajstić information content (AvgIpc) is 2.45. The molecule has 1 heterocycles. The van der Waals surface area contributed by atoms with Crippen LogP contribution in [-0.4, -0.2) is 17.6 Å². The molecule has 0 aromatic carbocycles. The summed E-state index contributed by atoms with van der Waals surface area (Å²) >= 11 is 6.28. The van der Waals surface area contributed by atoms with Crippen LogP contribution in [0.5, 0.6) is 0 Å². The topological polar surface area (TPSA) is 24.9 Å². The third kappa shape index (κ3) is 4.46. The van der Waals surface area contributed by atoms with Crippen molar-refractivity contribution in [2.45, 2.75) is 58.4 Å². The lowest BCUT2D eigenvalue weighted by Crippen LogP contribution is -2.40. The third-order valence-corrected chi connectivity index (χ3v) is 4.84. The molecule has 0 amide bonds. The van der Waals surface area contributed by atoms with Gasteiger partial charge in [-0.25, -0.2) is 0 Å². The van der Waals surface area contributed by atoms with Crippen molar-refractivity contribution < 1.29 is 0 Å². The first-order valence-corrected chi connectivity index (χ1v) is 8.40. The minimum atomic E-state index is 0.553. The highest BCUT2D eigenvalue weighted by Gasteiger charge is 2.26. The quantitative estimate of drug-likeness (QED) is 0.837. The molecule has 0 radical (unpaired) electrons. The second-order valence-electron chi connectivity index (χ2n) is 6.26. The van der Waals surface area contributed by atoms with Gasteiger partial charge in [0, 0.05) is 18.4 Å². The summed E-state index contributed by atoms with van der Waals surface area (Å²) in [5, 5.41) is 4.56. The van der Waals surface area contributed by atoms with Gasteiger partial charge >= 0.3 is 0 Å². The summed E-state index contributed by atoms with van der Waals surface area (Å²) in [4.78, 5) is 4.09. The van der Waals surface area contributed by atoms with Gasteiger partial charge in [-0.05, 0) is 55.7 Å². The van der Waals surface area contributed by atoms with Crippen molar-refractivity contribution in [2.75, 3.05) is 6.54 Å². The molecule has 1 aromatic rings. The maximum atomic E-state index is 6.28. The molecule has 20 heavy (non-hydrogen) atoms. The van der Waals surface area contributed by atoms with Gasteiger partial charge in [0.25, 0.3) is 0 Å². The van der Waals surface area contributed by atoms with Crippen molar-refractivity contribution in [3.8, 4) is 0 Å². The number of hydrogen-bond acceptors (Lipinski definition) is 2. The van der Waals surface area contributed by atoms with Crippen LogP contribution in [0.25, 0.3) is 0 Å². The Labute approximate surface area is 128 Å². The molecule has 1 aliphatic rings. The molecule has 3 atom stereocenters. The van der Waals surface area contributed by atoms with E-state index in [1.165, 1.54) is 37.7 Å². The van der Waals surface area contributed by atoms with E-state index in [2.05, 4.69) is 30.2 Å². The van der Waals surface area contributed by atoms with E-state index in [0.717, 1.165) is 29.8 Å². The average molecular weight is 295 g/mol. The van der Waals surface area contributed by atoms with Gasteiger partial charge in [-0.1, -0.05) is 38.3 Å². The highest BCUT2D eigenvalue weighted by Crippen LogP contribution is 2.32. The summed E-state index contributed by atoms with van der Waals surface area (Å²) in [5.74, 6) is 1.65. The molecule has 3 unspecified atom stereocenters. The highest BCUT2D eigenvalue weighted by atomic mass is 35.5. The van der Waals surface area contributed by atoms with Gasteiger partial charge in [-0.3, -0.25) is 4.98 Å². The van der Waals surface area contributed by atoms with Crippen LogP contribution >= 0.6 is 11.6 Å².